The monoisotopic (exact) mass is 274 g/mol. The molecule has 0 aromatic heterocycles. The predicted molar refractivity (Wildman–Crippen MR) is 82.3 cm³/mol. The third-order valence-electron chi connectivity index (χ3n) is 4.55. The Kier molecular flexibility index (Phi) is 4.19. The van der Waals surface area contributed by atoms with Crippen molar-refractivity contribution in [2.45, 2.75) is 52.1 Å². The summed E-state index contributed by atoms with van der Waals surface area (Å²) in [6.45, 7) is 9.94. The molecule has 1 aromatic rings. The summed E-state index contributed by atoms with van der Waals surface area (Å²) in [4.78, 5) is 14.5. The van der Waals surface area contributed by atoms with Crippen molar-refractivity contribution in [3.05, 3.63) is 35.4 Å². The van der Waals surface area contributed by atoms with Crippen LogP contribution in [0.25, 0.3) is 0 Å². The summed E-state index contributed by atoms with van der Waals surface area (Å²) in [5, 5.41) is 0. The molecule has 3 nitrogen and oxygen atoms in total. The Hall–Kier alpha value is -1.35. The number of hydrogen-bond donors (Lipinski definition) is 1. The quantitative estimate of drug-likeness (QED) is 0.921. The molecule has 2 N–H and O–H groups in total. The third-order valence-corrected chi connectivity index (χ3v) is 4.55. The standard InChI is InChI=1S/C17H26N2O/c1-5-12(2)15(18)16(20)19-10-13-8-6-7-9-14(13)17(3,4)11-19/h6-9,12,15H,5,10-11,18H2,1-4H3. The Morgan fingerprint density at radius 2 is 2.05 bits per heavy atom. The maximum absolute atomic E-state index is 12.6. The first-order valence-electron chi connectivity index (χ1n) is 7.49. The summed E-state index contributed by atoms with van der Waals surface area (Å²) in [5.74, 6) is 0.310. The van der Waals surface area contributed by atoms with E-state index in [2.05, 4.69) is 39.0 Å². The van der Waals surface area contributed by atoms with Crippen LogP contribution in [0.4, 0.5) is 0 Å². The van der Waals surface area contributed by atoms with Crippen molar-refractivity contribution >= 4 is 5.91 Å². The van der Waals surface area contributed by atoms with Crippen LogP contribution in [0.1, 0.15) is 45.2 Å². The van der Waals surface area contributed by atoms with E-state index >= 15 is 0 Å². The molecule has 2 unspecified atom stereocenters. The van der Waals surface area contributed by atoms with Crippen LogP contribution in [0, 0.1) is 5.92 Å². The summed E-state index contributed by atoms with van der Waals surface area (Å²) >= 11 is 0. The van der Waals surface area contributed by atoms with Gasteiger partial charge in [0.15, 0.2) is 0 Å². The first kappa shape index (κ1) is 15.0. The first-order valence-corrected chi connectivity index (χ1v) is 7.49. The number of nitrogens with two attached hydrogens (primary N) is 1. The van der Waals surface area contributed by atoms with Crippen LogP contribution in [0.15, 0.2) is 24.3 Å². The van der Waals surface area contributed by atoms with Gasteiger partial charge in [-0.1, -0.05) is 58.4 Å². The van der Waals surface area contributed by atoms with Gasteiger partial charge in [0, 0.05) is 18.5 Å². The third kappa shape index (κ3) is 2.73. The van der Waals surface area contributed by atoms with Crippen LogP contribution in [-0.4, -0.2) is 23.4 Å². The van der Waals surface area contributed by atoms with Gasteiger partial charge in [-0.3, -0.25) is 4.79 Å². The molecule has 1 aliphatic rings. The Labute approximate surface area is 122 Å². The predicted octanol–water partition coefficient (Wildman–Crippen LogP) is 2.68. The molecule has 110 valence electrons. The van der Waals surface area contributed by atoms with Gasteiger partial charge in [-0.2, -0.15) is 0 Å². The number of rotatable bonds is 3. The van der Waals surface area contributed by atoms with Gasteiger partial charge in [-0.05, 0) is 17.0 Å². The van der Waals surface area contributed by atoms with E-state index < -0.39 is 0 Å². The van der Waals surface area contributed by atoms with Crippen LogP contribution in [-0.2, 0) is 16.8 Å². The molecule has 1 heterocycles. The average molecular weight is 274 g/mol. The molecule has 3 heteroatoms. The van der Waals surface area contributed by atoms with Crippen LogP contribution in [0.5, 0.6) is 0 Å². The zero-order valence-electron chi connectivity index (χ0n) is 13.0. The van der Waals surface area contributed by atoms with E-state index in [0.29, 0.717) is 6.54 Å². The molecule has 0 fully saturated rings. The summed E-state index contributed by atoms with van der Waals surface area (Å²) in [7, 11) is 0. The molecule has 0 saturated carbocycles. The second-order valence-electron chi connectivity index (χ2n) is 6.65. The second-order valence-corrected chi connectivity index (χ2v) is 6.65. The second kappa shape index (κ2) is 5.57. The summed E-state index contributed by atoms with van der Waals surface area (Å²) in [5.41, 5.74) is 8.70. The molecule has 0 aliphatic carbocycles. The van der Waals surface area contributed by atoms with Gasteiger partial charge in [-0.15, -0.1) is 0 Å². The highest BCUT2D eigenvalue weighted by atomic mass is 16.2. The van der Waals surface area contributed by atoms with Crippen LogP contribution in [0.3, 0.4) is 0 Å². The topological polar surface area (TPSA) is 46.3 Å². The maximum Gasteiger partial charge on any atom is 0.240 e. The molecule has 20 heavy (non-hydrogen) atoms. The lowest BCUT2D eigenvalue weighted by Crippen LogP contribution is -2.52. The van der Waals surface area contributed by atoms with E-state index in [0.717, 1.165) is 13.0 Å². The Balaban J connectivity index is 2.24. The zero-order chi connectivity index (χ0) is 14.9. The highest BCUT2D eigenvalue weighted by Gasteiger charge is 2.35. The molecule has 1 aliphatic heterocycles. The van der Waals surface area contributed by atoms with E-state index in [1.54, 1.807) is 0 Å². The van der Waals surface area contributed by atoms with Crippen molar-refractivity contribution in [3.8, 4) is 0 Å². The van der Waals surface area contributed by atoms with Crippen molar-refractivity contribution < 1.29 is 4.79 Å². The molecule has 2 atom stereocenters. The summed E-state index contributed by atoms with van der Waals surface area (Å²) in [6, 6.07) is 8.01. The molecule has 1 amide bonds. The number of fused-ring (bicyclic) bond motifs is 1. The zero-order valence-corrected chi connectivity index (χ0v) is 13.0. The van der Waals surface area contributed by atoms with Gasteiger partial charge in [0.05, 0.1) is 6.04 Å². The number of hydrogen-bond acceptors (Lipinski definition) is 2. The van der Waals surface area contributed by atoms with Crippen molar-refractivity contribution in [3.63, 3.8) is 0 Å². The van der Waals surface area contributed by atoms with Crippen molar-refractivity contribution in [2.75, 3.05) is 6.54 Å². The summed E-state index contributed by atoms with van der Waals surface area (Å²) in [6.07, 6.45) is 0.931. The number of nitrogens with zero attached hydrogens (tertiary/aromatic N) is 1. The number of carbonyl (C=O) groups is 1. The minimum atomic E-state index is -0.388. The van der Waals surface area contributed by atoms with E-state index in [1.807, 2.05) is 17.9 Å². The smallest absolute Gasteiger partial charge is 0.240 e. The van der Waals surface area contributed by atoms with E-state index in [1.165, 1.54) is 11.1 Å². The van der Waals surface area contributed by atoms with Crippen molar-refractivity contribution in [1.29, 1.82) is 0 Å². The Bertz CT molecular complexity index is 496. The number of benzene rings is 1. The fourth-order valence-corrected chi connectivity index (χ4v) is 3.01. The van der Waals surface area contributed by atoms with Gasteiger partial charge in [0.25, 0.3) is 0 Å². The highest BCUT2D eigenvalue weighted by Crippen LogP contribution is 2.33. The van der Waals surface area contributed by atoms with Gasteiger partial charge < -0.3 is 10.6 Å². The van der Waals surface area contributed by atoms with Gasteiger partial charge in [0.2, 0.25) is 5.91 Å². The molecule has 1 aromatic carbocycles. The van der Waals surface area contributed by atoms with Crippen LogP contribution in [0.2, 0.25) is 0 Å². The van der Waals surface area contributed by atoms with Crippen LogP contribution >= 0.6 is 0 Å². The lowest BCUT2D eigenvalue weighted by Gasteiger charge is -2.41. The first-order chi connectivity index (χ1) is 9.36. The average Bonchev–Trinajstić information content (AvgIpc) is 2.44. The molecule has 0 bridgehead atoms. The van der Waals surface area contributed by atoms with Crippen molar-refractivity contribution in [2.24, 2.45) is 11.7 Å². The minimum absolute atomic E-state index is 0.0142. The molecule has 0 saturated heterocycles. The molecule has 0 spiro atoms. The largest absolute Gasteiger partial charge is 0.336 e. The van der Waals surface area contributed by atoms with Gasteiger partial charge in [0.1, 0.15) is 0 Å². The molecular formula is C17H26N2O. The maximum atomic E-state index is 12.6. The highest BCUT2D eigenvalue weighted by molar-refractivity contribution is 5.82. The number of carbonyl (C=O) groups excluding carboxylic acids is 1. The van der Waals surface area contributed by atoms with E-state index in [-0.39, 0.29) is 23.3 Å². The molecule has 0 radical (unpaired) electrons. The lowest BCUT2D eigenvalue weighted by atomic mass is 9.78. The van der Waals surface area contributed by atoms with Gasteiger partial charge >= 0.3 is 0 Å². The van der Waals surface area contributed by atoms with Crippen molar-refractivity contribution in [1.82, 2.24) is 4.90 Å². The number of amides is 1. The van der Waals surface area contributed by atoms with Crippen LogP contribution < -0.4 is 5.73 Å². The van der Waals surface area contributed by atoms with E-state index in [4.69, 9.17) is 5.73 Å². The fraction of sp³-hybridized carbons (Fsp3) is 0.588. The fourth-order valence-electron chi connectivity index (χ4n) is 3.01. The molecule has 2 rings (SSSR count). The minimum Gasteiger partial charge on any atom is -0.336 e. The Morgan fingerprint density at radius 3 is 2.70 bits per heavy atom. The molecular weight excluding hydrogens is 248 g/mol. The summed E-state index contributed by atoms with van der Waals surface area (Å²) < 4.78 is 0. The SMILES string of the molecule is CCC(C)C(N)C(=O)N1Cc2ccccc2C(C)(C)C1. The lowest BCUT2D eigenvalue weighted by molar-refractivity contribution is -0.135. The van der Waals surface area contributed by atoms with E-state index in [9.17, 15) is 4.79 Å². The normalized spacial score (nSPS) is 20.1. The van der Waals surface area contributed by atoms with Gasteiger partial charge in [-0.25, -0.2) is 0 Å². The Morgan fingerprint density at radius 1 is 1.40 bits per heavy atom.